The molecule has 3 aromatic carbocycles. The van der Waals surface area contributed by atoms with Gasteiger partial charge in [0.2, 0.25) is 0 Å². The van der Waals surface area contributed by atoms with E-state index in [4.69, 9.17) is 14.2 Å². The molecule has 4 rings (SSSR count). The van der Waals surface area contributed by atoms with Crippen molar-refractivity contribution < 1.29 is 23.8 Å². The molecule has 0 saturated carbocycles. The molecule has 0 unspecified atom stereocenters. The molecule has 0 atom stereocenters. The number of carbonyl (C=O) groups is 2. The van der Waals surface area contributed by atoms with Gasteiger partial charge in [-0.3, -0.25) is 4.79 Å². The standard InChI is InChI=1S/C50H72O5/c1-8-9-10-11-12-13-14-15-16-17-18-19-20-21-22-27-34-53-46(51)33-32-38-35-44(49(2,3)4)47(45(36-38)50(5,6)7)55-48(52)54-37-43-41-30-25-23-28-39(41)40-29-24-26-31-42(40)43/h23-26,28-31,35-36,43H,8-22,27,32-34,37H2,1-7H3. The van der Waals surface area contributed by atoms with E-state index in [9.17, 15) is 9.59 Å². The van der Waals surface area contributed by atoms with E-state index in [0.717, 1.165) is 40.7 Å². The molecular formula is C50H72O5. The van der Waals surface area contributed by atoms with E-state index in [1.54, 1.807) is 0 Å². The molecule has 0 aliphatic heterocycles. The summed E-state index contributed by atoms with van der Waals surface area (Å²) in [6.45, 7) is 15.7. The van der Waals surface area contributed by atoms with Gasteiger partial charge in [-0.1, -0.05) is 205 Å². The van der Waals surface area contributed by atoms with Gasteiger partial charge in [-0.15, -0.1) is 0 Å². The minimum Gasteiger partial charge on any atom is -0.466 e. The van der Waals surface area contributed by atoms with Gasteiger partial charge in [-0.25, -0.2) is 4.79 Å². The Kier molecular flexibility index (Phi) is 17.8. The van der Waals surface area contributed by atoms with Gasteiger partial charge in [0, 0.05) is 23.5 Å². The van der Waals surface area contributed by atoms with Crippen molar-refractivity contribution in [2.24, 2.45) is 0 Å². The fourth-order valence-corrected chi connectivity index (χ4v) is 7.92. The second kappa shape index (κ2) is 22.2. The van der Waals surface area contributed by atoms with E-state index in [1.165, 1.54) is 101 Å². The highest BCUT2D eigenvalue weighted by atomic mass is 16.7. The van der Waals surface area contributed by atoms with Gasteiger partial charge in [0.25, 0.3) is 0 Å². The van der Waals surface area contributed by atoms with Gasteiger partial charge in [-0.2, -0.15) is 0 Å². The van der Waals surface area contributed by atoms with Crippen molar-refractivity contribution in [1.82, 2.24) is 0 Å². The molecule has 5 nitrogen and oxygen atoms in total. The molecule has 0 bridgehead atoms. The lowest BCUT2D eigenvalue weighted by Gasteiger charge is -2.30. The number of hydrogen-bond acceptors (Lipinski definition) is 5. The highest BCUT2D eigenvalue weighted by molar-refractivity contribution is 5.79. The average molecular weight is 753 g/mol. The van der Waals surface area contributed by atoms with Crippen LogP contribution in [0, 0.1) is 0 Å². The van der Waals surface area contributed by atoms with Crippen LogP contribution in [0.2, 0.25) is 0 Å². The largest absolute Gasteiger partial charge is 0.513 e. The summed E-state index contributed by atoms with van der Waals surface area (Å²) in [5, 5.41) is 0. The summed E-state index contributed by atoms with van der Waals surface area (Å²) in [5.41, 5.74) is 6.94. The number of ether oxygens (including phenoxy) is 3. The van der Waals surface area contributed by atoms with Gasteiger partial charge in [0.05, 0.1) is 6.61 Å². The Morgan fingerprint density at radius 1 is 0.582 bits per heavy atom. The normalized spacial score (nSPS) is 12.7. The van der Waals surface area contributed by atoms with Gasteiger partial charge in [-0.05, 0) is 51.5 Å². The third-order valence-corrected chi connectivity index (χ3v) is 11.2. The fourth-order valence-electron chi connectivity index (χ4n) is 7.92. The van der Waals surface area contributed by atoms with Crippen LogP contribution >= 0.6 is 0 Å². The van der Waals surface area contributed by atoms with Crippen LogP contribution < -0.4 is 4.74 Å². The molecule has 1 aliphatic rings. The molecular weight excluding hydrogens is 681 g/mol. The Morgan fingerprint density at radius 2 is 1.02 bits per heavy atom. The summed E-state index contributed by atoms with van der Waals surface area (Å²) >= 11 is 0. The zero-order chi connectivity index (χ0) is 39.7. The van der Waals surface area contributed by atoms with Gasteiger partial charge in [0.15, 0.2) is 0 Å². The Labute approximate surface area is 334 Å². The van der Waals surface area contributed by atoms with Gasteiger partial charge < -0.3 is 14.2 Å². The van der Waals surface area contributed by atoms with E-state index >= 15 is 0 Å². The first kappa shape index (κ1) is 44.1. The van der Waals surface area contributed by atoms with E-state index in [0.29, 0.717) is 25.2 Å². The lowest BCUT2D eigenvalue weighted by Crippen LogP contribution is -2.24. The fraction of sp³-hybridized carbons (Fsp3) is 0.600. The second-order valence-corrected chi connectivity index (χ2v) is 17.9. The molecule has 0 radical (unpaired) electrons. The number of unbranched alkanes of at least 4 members (excludes halogenated alkanes) is 15. The summed E-state index contributed by atoms with van der Waals surface area (Å²) in [6, 6.07) is 20.8. The van der Waals surface area contributed by atoms with Gasteiger partial charge in [0.1, 0.15) is 12.4 Å². The predicted octanol–water partition coefficient (Wildman–Crippen LogP) is 14.3. The molecule has 0 N–H and O–H groups in total. The monoisotopic (exact) mass is 753 g/mol. The average Bonchev–Trinajstić information content (AvgIpc) is 3.47. The second-order valence-electron chi connectivity index (χ2n) is 17.9. The molecule has 0 saturated heterocycles. The molecule has 0 aromatic heterocycles. The zero-order valence-corrected chi connectivity index (χ0v) is 35.5. The zero-order valence-electron chi connectivity index (χ0n) is 35.5. The molecule has 0 fully saturated rings. The van der Waals surface area contributed by atoms with E-state index in [2.05, 4.69) is 84.9 Å². The first-order chi connectivity index (χ1) is 26.4. The number of hydrogen-bond donors (Lipinski definition) is 0. The maximum Gasteiger partial charge on any atom is 0.513 e. The maximum absolute atomic E-state index is 13.4. The summed E-state index contributed by atoms with van der Waals surface area (Å²) in [4.78, 5) is 26.2. The quantitative estimate of drug-likeness (QED) is 0.0548. The number of rotatable bonds is 23. The van der Waals surface area contributed by atoms with Crippen LogP contribution in [-0.2, 0) is 31.5 Å². The van der Waals surface area contributed by atoms with Crippen LogP contribution in [0.3, 0.4) is 0 Å². The van der Waals surface area contributed by atoms with Crippen LogP contribution in [0.4, 0.5) is 4.79 Å². The predicted molar refractivity (Wildman–Crippen MR) is 228 cm³/mol. The van der Waals surface area contributed by atoms with Crippen LogP contribution in [0.5, 0.6) is 5.75 Å². The smallest absolute Gasteiger partial charge is 0.466 e. The highest BCUT2D eigenvalue weighted by Crippen LogP contribution is 2.45. The van der Waals surface area contributed by atoms with Crippen molar-refractivity contribution in [1.29, 1.82) is 0 Å². The van der Waals surface area contributed by atoms with E-state index in [-0.39, 0.29) is 29.3 Å². The van der Waals surface area contributed by atoms with Crippen molar-refractivity contribution in [3.8, 4) is 16.9 Å². The van der Waals surface area contributed by atoms with Crippen molar-refractivity contribution in [3.05, 3.63) is 88.5 Å². The molecule has 1 aliphatic carbocycles. The summed E-state index contributed by atoms with van der Waals surface area (Å²) < 4.78 is 17.7. The molecule has 55 heavy (non-hydrogen) atoms. The Morgan fingerprint density at radius 3 is 1.47 bits per heavy atom. The van der Waals surface area contributed by atoms with Crippen LogP contribution in [0.15, 0.2) is 60.7 Å². The Hall–Kier alpha value is -3.60. The number of aryl methyl sites for hydroxylation is 1. The molecule has 0 heterocycles. The summed E-state index contributed by atoms with van der Waals surface area (Å²) in [7, 11) is 0. The molecule has 0 amide bonds. The van der Waals surface area contributed by atoms with Crippen molar-refractivity contribution in [2.45, 2.75) is 181 Å². The highest BCUT2D eigenvalue weighted by Gasteiger charge is 2.32. The number of fused-ring (bicyclic) bond motifs is 3. The molecule has 302 valence electrons. The summed E-state index contributed by atoms with van der Waals surface area (Å²) in [5.74, 6) is 0.344. The minimum absolute atomic E-state index is 0.0460. The third kappa shape index (κ3) is 14.1. The van der Waals surface area contributed by atoms with Crippen LogP contribution in [-0.4, -0.2) is 25.3 Å². The summed E-state index contributed by atoms with van der Waals surface area (Å²) in [6.07, 6.45) is 21.3. The van der Waals surface area contributed by atoms with Crippen molar-refractivity contribution in [2.75, 3.05) is 13.2 Å². The number of benzene rings is 3. The first-order valence-corrected chi connectivity index (χ1v) is 21.8. The Bertz CT molecular complexity index is 1540. The first-order valence-electron chi connectivity index (χ1n) is 21.8. The maximum atomic E-state index is 13.4. The third-order valence-electron chi connectivity index (χ3n) is 11.2. The molecule has 5 heteroatoms. The minimum atomic E-state index is -0.705. The number of esters is 1. The van der Waals surface area contributed by atoms with Crippen molar-refractivity contribution in [3.63, 3.8) is 0 Å². The van der Waals surface area contributed by atoms with Crippen molar-refractivity contribution >= 4 is 12.1 Å². The number of carbonyl (C=O) groups excluding carboxylic acids is 2. The SMILES string of the molecule is CCCCCCCCCCCCCCCCCCOC(=O)CCc1cc(C(C)(C)C)c(OC(=O)OCC2c3ccccc3-c3ccccc32)c(C(C)(C)C)c1. The van der Waals surface area contributed by atoms with Crippen LogP contribution in [0.25, 0.3) is 11.1 Å². The van der Waals surface area contributed by atoms with Gasteiger partial charge >= 0.3 is 12.1 Å². The molecule has 3 aromatic rings. The van der Waals surface area contributed by atoms with E-state index in [1.807, 2.05) is 24.3 Å². The lowest BCUT2D eigenvalue weighted by atomic mass is 9.78. The molecule has 0 spiro atoms. The van der Waals surface area contributed by atoms with E-state index < -0.39 is 6.16 Å². The Balaban J connectivity index is 1.20. The lowest BCUT2D eigenvalue weighted by molar-refractivity contribution is -0.143. The topological polar surface area (TPSA) is 61.8 Å². The van der Waals surface area contributed by atoms with Crippen LogP contribution in [0.1, 0.15) is 191 Å².